The van der Waals surface area contributed by atoms with Crippen molar-refractivity contribution in [3.05, 3.63) is 102 Å². The number of nitrogens with one attached hydrogen (secondary N) is 3. The number of benzene rings is 3. The summed E-state index contributed by atoms with van der Waals surface area (Å²) in [5, 5.41) is 8.92. The Kier molecular flexibility index (Phi) is 6.73. The van der Waals surface area contributed by atoms with Crippen molar-refractivity contribution in [2.75, 3.05) is 17.2 Å². The molecule has 38 heavy (non-hydrogen) atoms. The molecule has 0 atom stereocenters. The highest BCUT2D eigenvalue weighted by Gasteiger charge is 2.35. The van der Waals surface area contributed by atoms with E-state index in [-0.39, 0.29) is 18.1 Å². The van der Waals surface area contributed by atoms with Gasteiger partial charge in [-0.1, -0.05) is 54.1 Å². The van der Waals surface area contributed by atoms with E-state index >= 15 is 0 Å². The summed E-state index contributed by atoms with van der Waals surface area (Å²) in [5.41, 5.74) is 3.82. The smallest absolute Gasteiger partial charge is 0.329 e. The number of rotatable bonds is 7. The van der Waals surface area contributed by atoms with Crippen molar-refractivity contribution in [1.29, 1.82) is 0 Å². The molecule has 1 fully saturated rings. The van der Waals surface area contributed by atoms with Gasteiger partial charge >= 0.3 is 6.03 Å². The number of para-hydroxylation sites is 2. The fourth-order valence-electron chi connectivity index (χ4n) is 4.25. The zero-order chi connectivity index (χ0) is 26.6. The number of nitrogens with zero attached hydrogens (tertiary/aromatic N) is 2. The first-order valence-corrected chi connectivity index (χ1v) is 12.0. The lowest BCUT2D eigenvalue weighted by molar-refractivity contribution is -0.127. The van der Waals surface area contributed by atoms with Crippen molar-refractivity contribution in [2.24, 2.45) is 0 Å². The molecule has 3 N–H and O–H groups in total. The van der Waals surface area contributed by atoms with Crippen LogP contribution in [0, 0.1) is 6.92 Å². The molecule has 0 spiro atoms. The number of fused-ring (bicyclic) bond motifs is 1. The Morgan fingerprint density at radius 3 is 2.18 bits per heavy atom. The van der Waals surface area contributed by atoms with Crippen LogP contribution < -0.4 is 16.0 Å². The van der Waals surface area contributed by atoms with Crippen LogP contribution in [0.4, 0.5) is 16.2 Å². The van der Waals surface area contributed by atoms with Crippen molar-refractivity contribution in [2.45, 2.75) is 13.5 Å². The van der Waals surface area contributed by atoms with Crippen LogP contribution in [-0.4, -0.2) is 39.8 Å². The van der Waals surface area contributed by atoms with Crippen molar-refractivity contribution >= 4 is 52.1 Å². The monoisotopic (exact) mass is 507 g/mol. The number of hydrogen-bond acceptors (Lipinski definition) is 4. The number of carbonyl (C=O) groups is 4. The largest absolute Gasteiger partial charge is 0.337 e. The summed E-state index contributed by atoms with van der Waals surface area (Å²) < 4.78 is 1.79. The molecule has 2 heterocycles. The third-order valence-corrected chi connectivity index (χ3v) is 6.09. The maximum Gasteiger partial charge on any atom is 0.329 e. The number of carbonyl (C=O) groups excluding carboxylic acids is 4. The van der Waals surface area contributed by atoms with Gasteiger partial charge in [-0.15, -0.1) is 0 Å². The predicted molar refractivity (Wildman–Crippen MR) is 145 cm³/mol. The van der Waals surface area contributed by atoms with Crippen LogP contribution in [0.5, 0.6) is 0 Å². The quantitative estimate of drug-likeness (QED) is 0.258. The van der Waals surface area contributed by atoms with E-state index in [1.165, 1.54) is 0 Å². The molecule has 1 saturated heterocycles. The van der Waals surface area contributed by atoms with E-state index in [9.17, 15) is 19.2 Å². The summed E-state index contributed by atoms with van der Waals surface area (Å²) >= 11 is 0. The first-order valence-electron chi connectivity index (χ1n) is 12.0. The van der Waals surface area contributed by atoms with Crippen molar-refractivity contribution < 1.29 is 19.2 Å². The summed E-state index contributed by atoms with van der Waals surface area (Å²) in [7, 11) is 0. The van der Waals surface area contributed by atoms with Crippen LogP contribution in [0.2, 0.25) is 0 Å². The number of aromatic nitrogens is 1. The molecule has 3 aromatic carbocycles. The van der Waals surface area contributed by atoms with Gasteiger partial charge in [0, 0.05) is 34.0 Å². The highest BCUT2D eigenvalue weighted by atomic mass is 16.2. The molecule has 9 nitrogen and oxygen atoms in total. The van der Waals surface area contributed by atoms with E-state index < -0.39 is 24.4 Å². The van der Waals surface area contributed by atoms with Gasteiger partial charge in [0.25, 0.3) is 5.91 Å². The summed E-state index contributed by atoms with van der Waals surface area (Å²) in [5.74, 6) is -1.29. The Morgan fingerprint density at radius 2 is 1.45 bits per heavy atom. The number of anilines is 2. The third kappa shape index (κ3) is 5.31. The molecule has 1 aliphatic heterocycles. The molecule has 1 aliphatic rings. The van der Waals surface area contributed by atoms with Crippen LogP contribution in [0.25, 0.3) is 17.0 Å². The van der Waals surface area contributed by atoms with Gasteiger partial charge in [0.15, 0.2) is 0 Å². The lowest BCUT2D eigenvalue weighted by Crippen LogP contribution is -2.38. The topological polar surface area (TPSA) is 113 Å². The SMILES string of the molecule is Cc1ccc(NC(=O)CN2C(=O)N/C(=C/c3cn(CC(=O)Nc4ccccc4)c4ccccc34)C2=O)cc1. The van der Waals surface area contributed by atoms with E-state index in [0.717, 1.165) is 21.4 Å². The second kappa shape index (κ2) is 10.4. The molecule has 5 rings (SSSR count). The Morgan fingerprint density at radius 1 is 0.816 bits per heavy atom. The molecule has 190 valence electrons. The first kappa shape index (κ1) is 24.5. The van der Waals surface area contributed by atoms with Crippen LogP contribution in [0.3, 0.4) is 0 Å². The second-order valence-electron chi connectivity index (χ2n) is 8.94. The average molecular weight is 508 g/mol. The molecular formula is C29H25N5O4. The molecular weight excluding hydrogens is 482 g/mol. The van der Waals surface area contributed by atoms with Crippen molar-refractivity contribution in [3.8, 4) is 0 Å². The van der Waals surface area contributed by atoms with Crippen LogP contribution in [0.15, 0.2) is 90.8 Å². The van der Waals surface area contributed by atoms with E-state index in [1.807, 2.05) is 73.7 Å². The molecule has 4 aromatic rings. The van der Waals surface area contributed by atoms with E-state index in [1.54, 1.807) is 29.0 Å². The van der Waals surface area contributed by atoms with E-state index in [0.29, 0.717) is 16.9 Å². The van der Waals surface area contributed by atoms with Crippen LogP contribution in [0.1, 0.15) is 11.1 Å². The fraction of sp³-hybridized carbons (Fsp3) is 0.103. The maximum atomic E-state index is 13.0. The third-order valence-electron chi connectivity index (χ3n) is 6.09. The molecule has 0 bridgehead atoms. The minimum atomic E-state index is -0.675. The molecule has 1 aromatic heterocycles. The van der Waals surface area contributed by atoms with E-state index in [4.69, 9.17) is 0 Å². The van der Waals surface area contributed by atoms with Gasteiger partial charge in [-0.3, -0.25) is 14.4 Å². The summed E-state index contributed by atoms with van der Waals surface area (Å²) in [4.78, 5) is 51.5. The predicted octanol–water partition coefficient (Wildman–Crippen LogP) is 4.12. The van der Waals surface area contributed by atoms with Crippen molar-refractivity contribution in [1.82, 2.24) is 14.8 Å². The number of amides is 5. The van der Waals surface area contributed by atoms with Gasteiger partial charge < -0.3 is 20.5 Å². The van der Waals surface area contributed by atoms with Gasteiger partial charge in [0.2, 0.25) is 11.8 Å². The second-order valence-corrected chi connectivity index (χ2v) is 8.94. The minimum Gasteiger partial charge on any atom is -0.337 e. The molecule has 0 radical (unpaired) electrons. The van der Waals surface area contributed by atoms with Gasteiger partial charge in [-0.25, -0.2) is 9.69 Å². The number of imide groups is 1. The van der Waals surface area contributed by atoms with Gasteiger partial charge in [0.05, 0.1) is 0 Å². The number of urea groups is 1. The summed E-state index contributed by atoms with van der Waals surface area (Å²) in [6, 6.07) is 23.2. The Bertz CT molecular complexity index is 1570. The summed E-state index contributed by atoms with van der Waals surface area (Å²) in [6.07, 6.45) is 3.32. The van der Waals surface area contributed by atoms with Gasteiger partial charge in [-0.05, 0) is 43.3 Å². The minimum absolute atomic E-state index is 0.0507. The van der Waals surface area contributed by atoms with Crippen LogP contribution >= 0.6 is 0 Å². The van der Waals surface area contributed by atoms with Crippen molar-refractivity contribution in [3.63, 3.8) is 0 Å². The Balaban J connectivity index is 1.33. The molecule has 9 heteroatoms. The number of aryl methyl sites for hydroxylation is 1. The average Bonchev–Trinajstić information content (AvgIpc) is 3.37. The summed E-state index contributed by atoms with van der Waals surface area (Å²) in [6.45, 7) is 1.57. The van der Waals surface area contributed by atoms with E-state index in [2.05, 4.69) is 16.0 Å². The number of hydrogen-bond donors (Lipinski definition) is 3. The lowest BCUT2D eigenvalue weighted by Gasteiger charge is -2.12. The molecule has 0 unspecified atom stereocenters. The molecule has 5 amide bonds. The van der Waals surface area contributed by atoms with Gasteiger partial charge in [0.1, 0.15) is 18.8 Å². The Labute approximate surface area is 218 Å². The Hall–Kier alpha value is -5.18. The fourth-order valence-corrected chi connectivity index (χ4v) is 4.25. The first-order chi connectivity index (χ1) is 18.4. The highest BCUT2D eigenvalue weighted by molar-refractivity contribution is 6.16. The maximum absolute atomic E-state index is 13.0. The normalized spacial score (nSPS) is 14.1. The van der Waals surface area contributed by atoms with Gasteiger partial charge in [-0.2, -0.15) is 0 Å². The zero-order valence-electron chi connectivity index (χ0n) is 20.6. The molecule has 0 aliphatic carbocycles. The standard InChI is InChI=1S/C29H25N5O4/c1-19-11-13-22(14-12-19)31-27(36)18-34-28(37)24(32-29(34)38)15-20-16-33(25-10-6-5-9-23(20)25)17-26(35)30-21-7-3-2-4-8-21/h2-16H,17-18H2,1H3,(H,30,35)(H,31,36)(H,32,38)/b24-15+. The lowest BCUT2D eigenvalue weighted by atomic mass is 10.1. The highest BCUT2D eigenvalue weighted by Crippen LogP contribution is 2.25. The molecule has 0 saturated carbocycles. The van der Waals surface area contributed by atoms with Crippen LogP contribution in [-0.2, 0) is 20.9 Å². The zero-order valence-corrected chi connectivity index (χ0v) is 20.6.